The lowest BCUT2D eigenvalue weighted by atomic mass is 10.2. The van der Waals surface area contributed by atoms with Crippen molar-refractivity contribution in [1.82, 2.24) is 14.9 Å². The van der Waals surface area contributed by atoms with Crippen LogP contribution in [0.1, 0.15) is 18.3 Å². The Hall–Kier alpha value is -3.35. The van der Waals surface area contributed by atoms with Crippen molar-refractivity contribution in [2.45, 2.75) is 13.5 Å². The maximum absolute atomic E-state index is 13.7. The number of carbonyl (C=O) groups is 1. The van der Waals surface area contributed by atoms with Crippen LogP contribution in [0.4, 0.5) is 8.78 Å². The molecule has 5 nitrogen and oxygen atoms in total. The molecule has 27 heavy (non-hydrogen) atoms. The van der Waals surface area contributed by atoms with Crippen LogP contribution in [0, 0.1) is 11.6 Å². The molecule has 0 aliphatic carbocycles. The summed E-state index contributed by atoms with van der Waals surface area (Å²) in [5, 5.41) is 0.463. The van der Waals surface area contributed by atoms with Gasteiger partial charge in [-0.2, -0.15) is 0 Å². The first-order valence-electron chi connectivity index (χ1n) is 8.38. The number of aromatic amines is 1. The fraction of sp³-hybridized carbons (Fsp3) is 0.150. The highest BCUT2D eigenvalue weighted by molar-refractivity contribution is 5.91. The predicted octanol–water partition coefficient (Wildman–Crippen LogP) is 3.26. The van der Waals surface area contributed by atoms with E-state index in [1.54, 1.807) is 31.2 Å². The molecule has 0 unspecified atom stereocenters. The van der Waals surface area contributed by atoms with Crippen molar-refractivity contribution in [3.8, 4) is 0 Å². The van der Waals surface area contributed by atoms with E-state index in [1.165, 1.54) is 11.0 Å². The molecule has 0 aliphatic rings. The van der Waals surface area contributed by atoms with Gasteiger partial charge < -0.3 is 9.88 Å². The Morgan fingerprint density at radius 2 is 1.85 bits per heavy atom. The second kappa shape index (κ2) is 7.90. The molecule has 1 amide bonds. The number of H-pyrrole nitrogens is 1. The number of fused-ring (bicyclic) bond motifs is 1. The number of amides is 1. The van der Waals surface area contributed by atoms with Gasteiger partial charge in [-0.3, -0.25) is 9.59 Å². The minimum atomic E-state index is -0.748. The lowest BCUT2D eigenvalue weighted by molar-refractivity contribution is -0.126. The molecule has 2 aromatic carbocycles. The summed E-state index contributed by atoms with van der Waals surface area (Å²) in [6.07, 6.45) is 2.20. The quantitative estimate of drug-likeness (QED) is 0.702. The van der Waals surface area contributed by atoms with Gasteiger partial charge >= 0.3 is 0 Å². The highest BCUT2D eigenvalue weighted by atomic mass is 19.1. The fourth-order valence-electron chi connectivity index (χ4n) is 2.67. The van der Waals surface area contributed by atoms with Crippen LogP contribution in [0.2, 0.25) is 0 Å². The summed E-state index contributed by atoms with van der Waals surface area (Å²) in [6.45, 7) is 2.16. The Morgan fingerprint density at radius 1 is 1.15 bits per heavy atom. The Morgan fingerprint density at radius 3 is 2.56 bits per heavy atom. The van der Waals surface area contributed by atoms with Crippen LogP contribution < -0.4 is 5.56 Å². The van der Waals surface area contributed by atoms with Gasteiger partial charge in [-0.05, 0) is 37.3 Å². The predicted molar refractivity (Wildman–Crippen MR) is 98.8 cm³/mol. The maximum Gasteiger partial charge on any atom is 0.258 e. The number of carbonyl (C=O) groups excluding carboxylic acids is 1. The molecule has 3 rings (SSSR count). The van der Waals surface area contributed by atoms with E-state index in [-0.39, 0.29) is 17.7 Å². The largest absolute Gasteiger partial charge is 0.332 e. The van der Waals surface area contributed by atoms with Crippen LogP contribution in [-0.2, 0) is 11.3 Å². The number of hydrogen-bond donors (Lipinski definition) is 1. The Bertz CT molecular complexity index is 1060. The maximum atomic E-state index is 13.7. The van der Waals surface area contributed by atoms with Gasteiger partial charge in [0.2, 0.25) is 5.91 Å². The third-order valence-corrected chi connectivity index (χ3v) is 4.09. The molecule has 0 saturated heterocycles. The molecule has 0 radical (unpaired) electrons. The summed E-state index contributed by atoms with van der Waals surface area (Å²) in [6, 6.07) is 10.4. The van der Waals surface area contributed by atoms with Crippen LogP contribution in [0.3, 0.4) is 0 Å². The Labute approximate surface area is 154 Å². The number of likely N-dealkylation sites (N-methyl/N-ethyl adjacent to an activating group) is 1. The number of para-hydroxylation sites is 1. The zero-order chi connectivity index (χ0) is 19.4. The molecule has 0 spiro atoms. The fourth-order valence-corrected chi connectivity index (χ4v) is 2.67. The zero-order valence-corrected chi connectivity index (χ0v) is 14.6. The van der Waals surface area contributed by atoms with Gasteiger partial charge in [0.25, 0.3) is 5.56 Å². The topological polar surface area (TPSA) is 66.1 Å². The molecule has 0 aliphatic heterocycles. The molecule has 138 valence electrons. The molecule has 0 fully saturated rings. The summed E-state index contributed by atoms with van der Waals surface area (Å²) in [7, 11) is 0. The molecular formula is C20H17F2N3O2. The van der Waals surface area contributed by atoms with E-state index in [2.05, 4.69) is 9.97 Å². The first-order valence-corrected chi connectivity index (χ1v) is 8.38. The van der Waals surface area contributed by atoms with Gasteiger partial charge in [0.15, 0.2) is 0 Å². The van der Waals surface area contributed by atoms with Crippen LogP contribution >= 0.6 is 0 Å². The summed E-state index contributed by atoms with van der Waals surface area (Å²) in [5.74, 6) is -1.61. The third kappa shape index (κ3) is 4.08. The standard InChI is InChI=1S/C20H17F2N3O2/c1-2-25(19(26)11-10-13-15(21)7-5-8-16(13)22)12-18-23-17-9-4-3-6-14(17)20(27)24-18/h3-11H,2,12H2,1H3,(H,23,24,27)/b11-10+. The van der Waals surface area contributed by atoms with Crippen LogP contribution in [0.25, 0.3) is 17.0 Å². The van der Waals surface area contributed by atoms with Gasteiger partial charge in [-0.25, -0.2) is 13.8 Å². The third-order valence-electron chi connectivity index (χ3n) is 4.09. The Kier molecular flexibility index (Phi) is 5.40. The van der Waals surface area contributed by atoms with E-state index in [1.807, 2.05) is 0 Å². The molecule has 3 aromatic rings. The smallest absolute Gasteiger partial charge is 0.258 e. The first-order chi connectivity index (χ1) is 13.0. The van der Waals surface area contributed by atoms with Crippen molar-refractivity contribution >= 4 is 22.9 Å². The van der Waals surface area contributed by atoms with Gasteiger partial charge in [-0.15, -0.1) is 0 Å². The van der Waals surface area contributed by atoms with Gasteiger partial charge in [0, 0.05) is 18.2 Å². The second-order valence-electron chi connectivity index (χ2n) is 5.85. The average Bonchev–Trinajstić information content (AvgIpc) is 2.65. The second-order valence-corrected chi connectivity index (χ2v) is 5.85. The van der Waals surface area contributed by atoms with E-state index in [0.717, 1.165) is 24.3 Å². The van der Waals surface area contributed by atoms with Crippen molar-refractivity contribution in [1.29, 1.82) is 0 Å². The van der Waals surface area contributed by atoms with E-state index in [0.29, 0.717) is 23.3 Å². The zero-order valence-electron chi connectivity index (χ0n) is 14.6. The van der Waals surface area contributed by atoms with E-state index in [4.69, 9.17) is 0 Å². The highest BCUT2D eigenvalue weighted by Crippen LogP contribution is 2.14. The van der Waals surface area contributed by atoms with Crippen molar-refractivity contribution in [2.24, 2.45) is 0 Å². The summed E-state index contributed by atoms with van der Waals surface area (Å²) >= 11 is 0. The molecule has 1 heterocycles. The molecule has 0 saturated carbocycles. The van der Waals surface area contributed by atoms with Crippen molar-refractivity contribution in [3.63, 3.8) is 0 Å². The van der Waals surface area contributed by atoms with E-state index < -0.39 is 17.5 Å². The van der Waals surface area contributed by atoms with Crippen LogP contribution in [0.5, 0.6) is 0 Å². The molecule has 0 bridgehead atoms. The van der Waals surface area contributed by atoms with E-state index >= 15 is 0 Å². The van der Waals surface area contributed by atoms with Crippen LogP contribution in [-0.4, -0.2) is 27.3 Å². The molecular weight excluding hydrogens is 352 g/mol. The number of hydrogen-bond acceptors (Lipinski definition) is 3. The lowest BCUT2D eigenvalue weighted by Gasteiger charge is -2.18. The number of rotatable bonds is 5. The SMILES string of the molecule is CCN(Cc1nc2ccccc2c(=O)[nH]1)C(=O)/C=C/c1c(F)cccc1F. The Balaban J connectivity index is 1.82. The number of aromatic nitrogens is 2. The molecule has 0 atom stereocenters. The van der Waals surface area contributed by atoms with Gasteiger partial charge in [0.1, 0.15) is 17.5 Å². The van der Waals surface area contributed by atoms with Crippen molar-refractivity contribution < 1.29 is 13.6 Å². The summed E-state index contributed by atoms with van der Waals surface area (Å²) < 4.78 is 27.3. The minimum Gasteiger partial charge on any atom is -0.332 e. The lowest BCUT2D eigenvalue weighted by Crippen LogP contribution is -2.30. The van der Waals surface area contributed by atoms with Gasteiger partial charge in [0.05, 0.1) is 17.4 Å². The minimum absolute atomic E-state index is 0.0689. The molecule has 1 N–H and O–H groups in total. The van der Waals surface area contributed by atoms with Crippen LogP contribution in [0.15, 0.2) is 53.3 Å². The average molecular weight is 369 g/mol. The summed E-state index contributed by atoms with van der Waals surface area (Å²) in [4.78, 5) is 32.9. The highest BCUT2D eigenvalue weighted by Gasteiger charge is 2.13. The number of nitrogens with zero attached hydrogens (tertiary/aromatic N) is 2. The number of halogens is 2. The van der Waals surface area contributed by atoms with Gasteiger partial charge in [-0.1, -0.05) is 18.2 Å². The first kappa shape index (κ1) is 18.4. The molecule has 1 aromatic heterocycles. The summed E-state index contributed by atoms with van der Waals surface area (Å²) in [5.41, 5.74) is -0.0362. The van der Waals surface area contributed by atoms with Crippen molar-refractivity contribution in [3.05, 3.63) is 81.9 Å². The number of nitrogens with one attached hydrogen (secondary N) is 1. The monoisotopic (exact) mass is 369 g/mol. The van der Waals surface area contributed by atoms with E-state index in [9.17, 15) is 18.4 Å². The molecule has 7 heteroatoms. The van der Waals surface area contributed by atoms with Crippen molar-refractivity contribution in [2.75, 3.05) is 6.54 Å². The number of benzene rings is 2. The normalized spacial score (nSPS) is 11.2.